The molecule has 0 unspecified atom stereocenters. The van der Waals surface area contributed by atoms with Crippen molar-refractivity contribution in [3.63, 3.8) is 0 Å². The summed E-state index contributed by atoms with van der Waals surface area (Å²) in [6.45, 7) is 5.41. The van der Waals surface area contributed by atoms with Gasteiger partial charge in [-0.05, 0) is 30.7 Å². The number of rotatable bonds is 5. The molecule has 2 N–H and O–H groups in total. The first-order valence-electron chi connectivity index (χ1n) is 5.39. The molecule has 0 bridgehead atoms. The van der Waals surface area contributed by atoms with Crippen LogP contribution >= 0.6 is 0 Å². The molecule has 0 aliphatic heterocycles. The SMILES string of the molecule is C=C(C)C(=O)OCc1cc(NC)cc(NC)c1. The number of nitrogens with one attached hydrogen (secondary N) is 2. The normalized spacial score (nSPS) is 9.59. The molecule has 0 spiro atoms. The van der Waals surface area contributed by atoms with E-state index in [9.17, 15) is 4.79 Å². The lowest BCUT2D eigenvalue weighted by Crippen LogP contribution is -2.05. The summed E-state index contributed by atoms with van der Waals surface area (Å²) in [6.07, 6.45) is 0. The van der Waals surface area contributed by atoms with Gasteiger partial charge >= 0.3 is 5.97 Å². The van der Waals surface area contributed by atoms with Crippen LogP contribution in [0.25, 0.3) is 0 Å². The predicted octanol–water partition coefficient (Wildman–Crippen LogP) is 2.39. The fraction of sp³-hybridized carbons (Fsp3) is 0.308. The topological polar surface area (TPSA) is 50.4 Å². The van der Waals surface area contributed by atoms with E-state index in [1.54, 1.807) is 6.92 Å². The van der Waals surface area contributed by atoms with Crippen LogP contribution in [0.1, 0.15) is 12.5 Å². The van der Waals surface area contributed by atoms with Gasteiger partial charge in [0.05, 0.1) is 0 Å². The van der Waals surface area contributed by atoms with Crippen molar-refractivity contribution < 1.29 is 9.53 Å². The van der Waals surface area contributed by atoms with E-state index in [1.165, 1.54) is 0 Å². The Morgan fingerprint density at radius 2 is 1.76 bits per heavy atom. The molecule has 17 heavy (non-hydrogen) atoms. The second-order valence-corrected chi connectivity index (χ2v) is 3.78. The highest BCUT2D eigenvalue weighted by Crippen LogP contribution is 2.19. The van der Waals surface area contributed by atoms with Crippen molar-refractivity contribution in [2.45, 2.75) is 13.5 Å². The maximum absolute atomic E-state index is 11.3. The summed E-state index contributed by atoms with van der Waals surface area (Å²) in [7, 11) is 3.69. The van der Waals surface area contributed by atoms with Crippen LogP contribution in [-0.2, 0) is 16.1 Å². The summed E-state index contributed by atoms with van der Waals surface area (Å²) in [5.41, 5.74) is 3.27. The Morgan fingerprint density at radius 3 is 2.18 bits per heavy atom. The molecule has 1 rings (SSSR count). The predicted molar refractivity (Wildman–Crippen MR) is 70.1 cm³/mol. The molecule has 0 aliphatic rings. The number of carbonyl (C=O) groups excluding carboxylic acids is 1. The third-order valence-electron chi connectivity index (χ3n) is 2.29. The zero-order valence-corrected chi connectivity index (χ0v) is 10.5. The summed E-state index contributed by atoms with van der Waals surface area (Å²) >= 11 is 0. The number of hydrogen-bond acceptors (Lipinski definition) is 4. The summed E-state index contributed by atoms with van der Waals surface area (Å²) in [6, 6.07) is 5.85. The van der Waals surface area contributed by atoms with Crippen LogP contribution in [0.2, 0.25) is 0 Å². The van der Waals surface area contributed by atoms with E-state index in [2.05, 4.69) is 17.2 Å². The number of esters is 1. The van der Waals surface area contributed by atoms with Gasteiger partial charge in [0.15, 0.2) is 0 Å². The van der Waals surface area contributed by atoms with Crippen LogP contribution in [0, 0.1) is 0 Å². The summed E-state index contributed by atoms with van der Waals surface area (Å²) in [5.74, 6) is -0.370. The van der Waals surface area contributed by atoms with Crippen LogP contribution in [0.4, 0.5) is 11.4 Å². The Morgan fingerprint density at radius 1 is 1.24 bits per heavy atom. The molecule has 0 aliphatic carbocycles. The van der Waals surface area contributed by atoms with E-state index in [-0.39, 0.29) is 12.6 Å². The van der Waals surface area contributed by atoms with E-state index in [1.807, 2.05) is 32.3 Å². The summed E-state index contributed by atoms with van der Waals surface area (Å²) < 4.78 is 5.09. The van der Waals surface area contributed by atoms with Crippen molar-refractivity contribution in [2.24, 2.45) is 0 Å². The molecule has 1 aromatic carbocycles. The third kappa shape index (κ3) is 3.83. The fourth-order valence-electron chi connectivity index (χ4n) is 1.34. The van der Waals surface area contributed by atoms with Gasteiger partial charge in [-0.15, -0.1) is 0 Å². The Balaban J connectivity index is 2.76. The summed E-state index contributed by atoms with van der Waals surface area (Å²) in [4.78, 5) is 11.3. The molecule has 0 heterocycles. The van der Waals surface area contributed by atoms with E-state index in [0.29, 0.717) is 5.57 Å². The van der Waals surface area contributed by atoms with E-state index in [4.69, 9.17) is 4.74 Å². The average Bonchev–Trinajstić information content (AvgIpc) is 2.35. The first kappa shape index (κ1) is 13.1. The van der Waals surface area contributed by atoms with Gasteiger partial charge in [-0.1, -0.05) is 6.58 Å². The van der Waals surface area contributed by atoms with Crippen LogP contribution in [-0.4, -0.2) is 20.1 Å². The van der Waals surface area contributed by atoms with Crippen molar-refractivity contribution in [1.82, 2.24) is 0 Å². The van der Waals surface area contributed by atoms with Gasteiger partial charge in [0.25, 0.3) is 0 Å². The molecule has 0 atom stereocenters. The van der Waals surface area contributed by atoms with Gasteiger partial charge in [-0.2, -0.15) is 0 Å². The molecule has 0 amide bonds. The Bertz CT molecular complexity index is 405. The number of hydrogen-bond donors (Lipinski definition) is 2. The number of carbonyl (C=O) groups is 1. The van der Waals surface area contributed by atoms with Gasteiger partial charge in [-0.25, -0.2) is 4.79 Å². The number of anilines is 2. The van der Waals surface area contributed by atoms with E-state index in [0.717, 1.165) is 16.9 Å². The Hall–Kier alpha value is -1.97. The molecule has 4 heteroatoms. The summed E-state index contributed by atoms with van der Waals surface area (Å²) in [5, 5.41) is 6.11. The quantitative estimate of drug-likeness (QED) is 0.606. The molecule has 0 fully saturated rings. The highest BCUT2D eigenvalue weighted by molar-refractivity contribution is 5.86. The first-order valence-corrected chi connectivity index (χ1v) is 5.39. The molecule has 0 saturated heterocycles. The van der Waals surface area contributed by atoms with Crippen molar-refractivity contribution >= 4 is 17.3 Å². The van der Waals surface area contributed by atoms with Crippen molar-refractivity contribution in [3.8, 4) is 0 Å². The smallest absolute Gasteiger partial charge is 0.333 e. The van der Waals surface area contributed by atoms with Gasteiger partial charge in [0.2, 0.25) is 0 Å². The van der Waals surface area contributed by atoms with Crippen LogP contribution in [0.3, 0.4) is 0 Å². The lowest BCUT2D eigenvalue weighted by Gasteiger charge is -2.10. The van der Waals surface area contributed by atoms with Crippen LogP contribution in [0.15, 0.2) is 30.4 Å². The van der Waals surface area contributed by atoms with Crippen LogP contribution < -0.4 is 10.6 Å². The lowest BCUT2D eigenvalue weighted by molar-refractivity contribution is -0.140. The highest BCUT2D eigenvalue weighted by Gasteiger charge is 2.05. The maximum Gasteiger partial charge on any atom is 0.333 e. The molecule has 0 aromatic heterocycles. The minimum Gasteiger partial charge on any atom is -0.457 e. The van der Waals surface area contributed by atoms with Crippen LogP contribution in [0.5, 0.6) is 0 Å². The minimum absolute atomic E-state index is 0.246. The molecule has 0 saturated carbocycles. The minimum atomic E-state index is -0.370. The maximum atomic E-state index is 11.3. The van der Waals surface area contributed by atoms with Gasteiger partial charge in [0.1, 0.15) is 6.61 Å². The van der Waals surface area contributed by atoms with Gasteiger partial charge < -0.3 is 15.4 Å². The molecule has 4 nitrogen and oxygen atoms in total. The fourth-order valence-corrected chi connectivity index (χ4v) is 1.34. The molecule has 92 valence electrons. The first-order chi connectivity index (χ1) is 8.06. The van der Waals surface area contributed by atoms with Gasteiger partial charge in [-0.3, -0.25) is 0 Å². The second-order valence-electron chi connectivity index (χ2n) is 3.78. The zero-order valence-electron chi connectivity index (χ0n) is 10.5. The molecule has 0 radical (unpaired) electrons. The monoisotopic (exact) mass is 234 g/mol. The van der Waals surface area contributed by atoms with Crippen molar-refractivity contribution in [1.29, 1.82) is 0 Å². The largest absolute Gasteiger partial charge is 0.457 e. The molecular formula is C13H18N2O2. The standard InChI is InChI=1S/C13H18N2O2/c1-9(2)13(16)17-8-10-5-11(14-3)7-12(6-10)15-4/h5-7,14-15H,1,8H2,2-4H3. The van der Waals surface area contributed by atoms with E-state index >= 15 is 0 Å². The van der Waals surface area contributed by atoms with E-state index < -0.39 is 0 Å². The van der Waals surface area contributed by atoms with Crippen molar-refractivity contribution in [3.05, 3.63) is 35.9 Å². The van der Waals surface area contributed by atoms with Gasteiger partial charge in [0, 0.05) is 31.0 Å². The lowest BCUT2D eigenvalue weighted by atomic mass is 10.2. The Kier molecular flexibility index (Phi) is 4.57. The zero-order chi connectivity index (χ0) is 12.8. The average molecular weight is 234 g/mol. The number of ether oxygens (including phenoxy) is 1. The molecule has 1 aromatic rings. The second kappa shape index (κ2) is 5.94. The highest BCUT2D eigenvalue weighted by atomic mass is 16.5. The number of benzene rings is 1. The third-order valence-corrected chi connectivity index (χ3v) is 2.29. The molecular weight excluding hydrogens is 216 g/mol. The van der Waals surface area contributed by atoms with Crippen molar-refractivity contribution in [2.75, 3.05) is 24.7 Å². The Labute approximate surface area is 102 Å².